The molecule has 1 fully saturated rings. The molecule has 0 aliphatic carbocycles. The number of anilines is 1. The van der Waals surface area contributed by atoms with Gasteiger partial charge in [0.1, 0.15) is 11.8 Å². The van der Waals surface area contributed by atoms with E-state index in [2.05, 4.69) is 50.9 Å². The predicted molar refractivity (Wildman–Crippen MR) is 140 cm³/mol. The standard InChI is InChI=1S/C25H29ClN8O/c1-16(30-22-21-19(28-15-29-22)9-6-10-27-21)23-31-18-8-5-7-17(26)20(18)24(35)34(23)33-13-11-32(12-14-33)25(2,3)4/h5-10,15-16H,11-14H2,1-4H3,(H,28,29,30)/t16-/m0/s1. The molecule has 1 aliphatic heterocycles. The van der Waals surface area contributed by atoms with E-state index in [1.807, 2.05) is 31.2 Å². The topological polar surface area (TPSA) is 92.1 Å². The number of halogens is 1. The summed E-state index contributed by atoms with van der Waals surface area (Å²) in [7, 11) is 0. The predicted octanol–water partition coefficient (Wildman–Crippen LogP) is 3.61. The summed E-state index contributed by atoms with van der Waals surface area (Å²) in [5, 5.41) is 6.32. The van der Waals surface area contributed by atoms with Crippen molar-refractivity contribution in [1.82, 2.24) is 29.5 Å². The molecule has 4 heterocycles. The molecule has 5 rings (SSSR count). The summed E-state index contributed by atoms with van der Waals surface area (Å²) in [6.07, 6.45) is 3.22. The summed E-state index contributed by atoms with van der Waals surface area (Å²) < 4.78 is 1.70. The molecule has 182 valence electrons. The number of benzene rings is 1. The summed E-state index contributed by atoms with van der Waals surface area (Å²) in [5.41, 5.74) is 1.88. The Morgan fingerprint density at radius 1 is 1.00 bits per heavy atom. The highest BCUT2D eigenvalue weighted by Crippen LogP contribution is 2.25. The second kappa shape index (κ2) is 9.05. The normalized spacial score (nSPS) is 16.1. The molecule has 0 unspecified atom stereocenters. The number of piperazine rings is 1. The fourth-order valence-corrected chi connectivity index (χ4v) is 4.84. The van der Waals surface area contributed by atoms with Gasteiger partial charge in [-0.05, 0) is 52.0 Å². The number of aromatic nitrogens is 5. The van der Waals surface area contributed by atoms with Crippen LogP contribution in [-0.4, -0.2) is 61.2 Å². The minimum atomic E-state index is -0.341. The van der Waals surface area contributed by atoms with Crippen LogP contribution in [-0.2, 0) is 0 Å². The third kappa shape index (κ3) is 4.41. The fraction of sp³-hybridized carbons (Fsp3) is 0.400. The van der Waals surface area contributed by atoms with Gasteiger partial charge in [0.25, 0.3) is 5.56 Å². The molecular formula is C25H29ClN8O. The monoisotopic (exact) mass is 492 g/mol. The highest BCUT2D eigenvalue weighted by atomic mass is 35.5. The molecule has 3 aromatic heterocycles. The van der Waals surface area contributed by atoms with E-state index in [0.717, 1.165) is 18.6 Å². The second-order valence-corrected chi connectivity index (χ2v) is 10.2. The van der Waals surface area contributed by atoms with E-state index < -0.39 is 0 Å². The smallest absolute Gasteiger partial charge is 0.281 e. The molecule has 0 amide bonds. The zero-order valence-corrected chi connectivity index (χ0v) is 21.1. The van der Waals surface area contributed by atoms with E-state index in [0.29, 0.717) is 46.2 Å². The number of hydrogen-bond acceptors (Lipinski definition) is 8. The molecular weight excluding hydrogens is 464 g/mol. The van der Waals surface area contributed by atoms with Gasteiger partial charge in [-0.1, -0.05) is 17.7 Å². The van der Waals surface area contributed by atoms with Crippen molar-refractivity contribution in [3.05, 3.63) is 64.1 Å². The van der Waals surface area contributed by atoms with Crippen LogP contribution in [0.3, 0.4) is 0 Å². The molecule has 1 saturated heterocycles. The number of nitrogens with zero attached hydrogens (tertiary/aromatic N) is 7. The Labute approximate surface area is 208 Å². The average Bonchev–Trinajstić information content (AvgIpc) is 2.83. The van der Waals surface area contributed by atoms with Crippen molar-refractivity contribution in [2.45, 2.75) is 39.3 Å². The largest absolute Gasteiger partial charge is 0.358 e. The minimum absolute atomic E-state index is 0.0702. The maximum Gasteiger partial charge on any atom is 0.281 e. The summed E-state index contributed by atoms with van der Waals surface area (Å²) >= 11 is 6.46. The van der Waals surface area contributed by atoms with Gasteiger partial charge in [0.05, 0.1) is 27.5 Å². The van der Waals surface area contributed by atoms with Crippen molar-refractivity contribution in [1.29, 1.82) is 0 Å². The van der Waals surface area contributed by atoms with Crippen LogP contribution in [0.4, 0.5) is 5.82 Å². The van der Waals surface area contributed by atoms with E-state index in [9.17, 15) is 4.79 Å². The third-order valence-corrected chi connectivity index (χ3v) is 6.79. The van der Waals surface area contributed by atoms with Gasteiger partial charge in [-0.25, -0.2) is 19.6 Å². The lowest BCUT2D eigenvalue weighted by atomic mass is 10.1. The maximum absolute atomic E-state index is 13.8. The van der Waals surface area contributed by atoms with Crippen molar-refractivity contribution in [3.8, 4) is 0 Å². The SMILES string of the molecule is C[C@H](Nc1ncnc2cccnc12)c1nc2cccc(Cl)c2c(=O)n1N1CCN(C(C)(C)C)CC1. The van der Waals surface area contributed by atoms with Crippen molar-refractivity contribution in [2.24, 2.45) is 0 Å². The first-order valence-electron chi connectivity index (χ1n) is 11.8. The Morgan fingerprint density at radius 2 is 1.74 bits per heavy atom. The van der Waals surface area contributed by atoms with Crippen LogP contribution >= 0.6 is 11.6 Å². The van der Waals surface area contributed by atoms with Gasteiger partial charge in [-0.2, -0.15) is 0 Å². The van der Waals surface area contributed by atoms with Gasteiger partial charge in [-0.15, -0.1) is 0 Å². The molecule has 1 atom stereocenters. The average molecular weight is 493 g/mol. The van der Waals surface area contributed by atoms with E-state index >= 15 is 0 Å². The molecule has 1 aliphatic rings. The third-order valence-electron chi connectivity index (χ3n) is 6.47. The second-order valence-electron chi connectivity index (χ2n) is 9.79. The number of fused-ring (bicyclic) bond motifs is 2. The van der Waals surface area contributed by atoms with Crippen LogP contribution in [0.1, 0.15) is 39.6 Å². The van der Waals surface area contributed by atoms with Crippen LogP contribution in [0.25, 0.3) is 21.9 Å². The Hall–Kier alpha value is -3.30. The van der Waals surface area contributed by atoms with Crippen LogP contribution in [0.5, 0.6) is 0 Å². The van der Waals surface area contributed by atoms with Crippen LogP contribution < -0.4 is 15.9 Å². The zero-order valence-electron chi connectivity index (χ0n) is 20.4. The highest BCUT2D eigenvalue weighted by Gasteiger charge is 2.29. The summed E-state index contributed by atoms with van der Waals surface area (Å²) in [4.78, 5) is 34.3. The fourth-order valence-electron chi connectivity index (χ4n) is 4.59. The lowest BCUT2D eigenvalue weighted by Gasteiger charge is -2.43. The molecule has 0 saturated carbocycles. The molecule has 10 heteroatoms. The molecule has 0 radical (unpaired) electrons. The number of pyridine rings is 1. The summed E-state index contributed by atoms with van der Waals surface area (Å²) in [6, 6.07) is 8.75. The quantitative estimate of drug-likeness (QED) is 0.462. The first-order valence-corrected chi connectivity index (χ1v) is 12.2. The van der Waals surface area contributed by atoms with E-state index in [-0.39, 0.29) is 17.1 Å². The molecule has 1 aromatic carbocycles. The molecule has 0 bridgehead atoms. The number of hydrogen-bond donors (Lipinski definition) is 1. The van der Waals surface area contributed by atoms with Crippen LogP contribution in [0, 0.1) is 0 Å². The van der Waals surface area contributed by atoms with Gasteiger partial charge < -0.3 is 10.3 Å². The van der Waals surface area contributed by atoms with E-state index in [4.69, 9.17) is 16.6 Å². The van der Waals surface area contributed by atoms with Crippen molar-refractivity contribution < 1.29 is 0 Å². The molecule has 4 aromatic rings. The lowest BCUT2D eigenvalue weighted by Crippen LogP contribution is -2.59. The molecule has 1 N–H and O–H groups in total. The van der Waals surface area contributed by atoms with Crippen LogP contribution in [0.15, 0.2) is 47.7 Å². The summed E-state index contributed by atoms with van der Waals surface area (Å²) in [6.45, 7) is 11.7. The van der Waals surface area contributed by atoms with Crippen molar-refractivity contribution in [3.63, 3.8) is 0 Å². The Morgan fingerprint density at radius 3 is 2.49 bits per heavy atom. The van der Waals surface area contributed by atoms with Crippen molar-refractivity contribution >= 4 is 39.4 Å². The van der Waals surface area contributed by atoms with Gasteiger partial charge in [-0.3, -0.25) is 14.7 Å². The lowest BCUT2D eigenvalue weighted by molar-refractivity contribution is 0.119. The number of nitrogens with one attached hydrogen (secondary N) is 1. The van der Waals surface area contributed by atoms with E-state index in [1.165, 1.54) is 6.33 Å². The highest BCUT2D eigenvalue weighted by molar-refractivity contribution is 6.35. The van der Waals surface area contributed by atoms with Crippen LogP contribution in [0.2, 0.25) is 5.02 Å². The first-order chi connectivity index (χ1) is 16.7. The zero-order chi connectivity index (χ0) is 24.7. The molecule has 9 nitrogen and oxygen atoms in total. The maximum atomic E-state index is 13.8. The Bertz CT molecular complexity index is 1430. The molecule has 35 heavy (non-hydrogen) atoms. The van der Waals surface area contributed by atoms with Gasteiger partial charge in [0.2, 0.25) is 0 Å². The summed E-state index contributed by atoms with van der Waals surface area (Å²) in [5.74, 6) is 1.18. The van der Waals surface area contributed by atoms with Gasteiger partial charge in [0.15, 0.2) is 11.6 Å². The number of rotatable bonds is 4. The Balaban J connectivity index is 1.58. The Kier molecular flexibility index (Phi) is 6.06. The van der Waals surface area contributed by atoms with Gasteiger partial charge in [0, 0.05) is 37.9 Å². The minimum Gasteiger partial charge on any atom is -0.358 e. The first kappa shape index (κ1) is 23.4. The van der Waals surface area contributed by atoms with E-state index in [1.54, 1.807) is 16.9 Å². The van der Waals surface area contributed by atoms with Gasteiger partial charge >= 0.3 is 0 Å². The molecule has 0 spiro atoms. The van der Waals surface area contributed by atoms with Crippen molar-refractivity contribution in [2.75, 3.05) is 36.5 Å².